The van der Waals surface area contributed by atoms with Crippen LogP contribution in [0, 0.1) is 0 Å². The smallest absolute Gasteiger partial charge is 0.280 e. The van der Waals surface area contributed by atoms with E-state index in [-0.39, 0.29) is 16.6 Å². The van der Waals surface area contributed by atoms with Gasteiger partial charge in [0, 0.05) is 30.5 Å². The van der Waals surface area contributed by atoms with Crippen LogP contribution in [0.1, 0.15) is 43.1 Å². The zero-order valence-corrected chi connectivity index (χ0v) is 19.2. The summed E-state index contributed by atoms with van der Waals surface area (Å²) in [7, 11) is -3.61. The van der Waals surface area contributed by atoms with E-state index in [9.17, 15) is 18.0 Å². The number of sulfonamides is 1. The number of nitrogens with one attached hydrogen (secondary N) is 1. The Hall–Kier alpha value is -3.30. The first-order valence-corrected chi connectivity index (χ1v) is 12.4. The first-order valence-electron chi connectivity index (χ1n) is 11.0. The molecule has 0 unspecified atom stereocenters. The molecule has 1 fully saturated rings. The highest BCUT2D eigenvalue weighted by Crippen LogP contribution is 2.27. The molecule has 1 saturated heterocycles. The van der Waals surface area contributed by atoms with Crippen LogP contribution in [0.2, 0.25) is 0 Å². The minimum absolute atomic E-state index is 0.0130. The van der Waals surface area contributed by atoms with Gasteiger partial charge in [-0.05, 0) is 55.7 Å². The standard InChI is InChI=1S/C24H26N4O4S/c1-2-19-8-6-7-16-28(19)33(31,32)21-13-11-18(12-14-21)25-24(30)23-22(29)15-17-27(26-23)20-9-4-3-5-10-20/h3-5,9-15,17,19H,2,6-8,16H2,1H3,(H,25,30)/t19-/m1/s1. The van der Waals surface area contributed by atoms with Crippen molar-refractivity contribution in [2.24, 2.45) is 0 Å². The number of benzene rings is 2. The first kappa shape index (κ1) is 22.9. The van der Waals surface area contributed by atoms with Gasteiger partial charge in [-0.1, -0.05) is 31.5 Å². The van der Waals surface area contributed by atoms with E-state index in [0.717, 1.165) is 25.7 Å². The number of piperidine rings is 1. The number of rotatable bonds is 6. The fourth-order valence-electron chi connectivity index (χ4n) is 4.02. The Bertz CT molecular complexity index is 1290. The number of aromatic nitrogens is 2. The predicted octanol–water partition coefficient (Wildman–Crippen LogP) is 3.44. The Labute approximate surface area is 192 Å². The quantitative estimate of drug-likeness (QED) is 0.600. The van der Waals surface area contributed by atoms with E-state index in [0.29, 0.717) is 17.9 Å². The minimum Gasteiger partial charge on any atom is -0.320 e. The lowest BCUT2D eigenvalue weighted by atomic mass is 10.0. The molecule has 0 saturated carbocycles. The van der Waals surface area contributed by atoms with Crippen molar-refractivity contribution >= 4 is 21.6 Å². The number of hydrogen-bond acceptors (Lipinski definition) is 5. The van der Waals surface area contributed by atoms with Gasteiger partial charge in [0.2, 0.25) is 15.5 Å². The van der Waals surface area contributed by atoms with E-state index < -0.39 is 21.4 Å². The molecule has 0 bridgehead atoms. The van der Waals surface area contributed by atoms with Crippen LogP contribution in [0.3, 0.4) is 0 Å². The van der Waals surface area contributed by atoms with Gasteiger partial charge < -0.3 is 5.32 Å². The number of hydrogen-bond donors (Lipinski definition) is 1. The molecule has 0 aliphatic carbocycles. The summed E-state index contributed by atoms with van der Waals surface area (Å²) in [4.78, 5) is 25.1. The van der Waals surface area contributed by atoms with E-state index in [2.05, 4.69) is 10.4 Å². The van der Waals surface area contributed by atoms with Gasteiger partial charge in [-0.2, -0.15) is 9.40 Å². The van der Waals surface area contributed by atoms with Crippen molar-refractivity contribution in [3.8, 4) is 5.69 Å². The van der Waals surface area contributed by atoms with Crippen LogP contribution in [-0.4, -0.2) is 41.0 Å². The van der Waals surface area contributed by atoms with Crippen LogP contribution in [0.4, 0.5) is 5.69 Å². The summed E-state index contributed by atoms with van der Waals surface area (Å²) in [6.07, 6.45) is 5.04. The number of amides is 1. The Morgan fingerprint density at radius 3 is 2.48 bits per heavy atom. The monoisotopic (exact) mass is 466 g/mol. The molecule has 33 heavy (non-hydrogen) atoms. The van der Waals surface area contributed by atoms with Gasteiger partial charge in [-0.15, -0.1) is 0 Å². The van der Waals surface area contributed by atoms with Gasteiger partial charge in [-0.25, -0.2) is 13.1 Å². The number of nitrogens with zero attached hydrogens (tertiary/aromatic N) is 3. The maximum atomic E-state index is 13.1. The van der Waals surface area contributed by atoms with Crippen LogP contribution in [0.15, 0.2) is 76.6 Å². The second-order valence-electron chi connectivity index (χ2n) is 7.96. The first-order chi connectivity index (χ1) is 15.9. The van der Waals surface area contributed by atoms with Gasteiger partial charge in [0.25, 0.3) is 5.91 Å². The van der Waals surface area contributed by atoms with Crippen LogP contribution in [0.25, 0.3) is 5.69 Å². The summed E-state index contributed by atoms with van der Waals surface area (Å²) < 4.78 is 29.3. The Morgan fingerprint density at radius 1 is 1.06 bits per heavy atom. The molecule has 1 amide bonds. The molecule has 0 spiro atoms. The van der Waals surface area contributed by atoms with Crippen molar-refractivity contribution in [2.45, 2.75) is 43.5 Å². The van der Waals surface area contributed by atoms with Crippen LogP contribution in [-0.2, 0) is 10.0 Å². The Kier molecular flexibility index (Phi) is 6.71. The molecule has 1 aromatic heterocycles. The number of carbonyl (C=O) groups excluding carboxylic acids is 1. The SMILES string of the molecule is CC[C@@H]1CCCCN1S(=O)(=O)c1ccc(NC(=O)c2nn(-c3ccccc3)ccc2=O)cc1. The average molecular weight is 467 g/mol. The van der Waals surface area contributed by atoms with E-state index in [4.69, 9.17) is 0 Å². The van der Waals surface area contributed by atoms with Gasteiger partial charge in [-0.3, -0.25) is 9.59 Å². The summed E-state index contributed by atoms with van der Waals surface area (Å²) in [6, 6.07) is 16.4. The van der Waals surface area contributed by atoms with E-state index in [1.54, 1.807) is 4.31 Å². The van der Waals surface area contributed by atoms with Crippen molar-refractivity contribution in [1.29, 1.82) is 0 Å². The molecule has 1 aliphatic rings. The Balaban J connectivity index is 1.53. The molecule has 1 N–H and O–H groups in total. The van der Waals surface area contributed by atoms with Crippen LogP contribution in [0.5, 0.6) is 0 Å². The zero-order valence-electron chi connectivity index (χ0n) is 18.3. The van der Waals surface area contributed by atoms with E-state index >= 15 is 0 Å². The highest BCUT2D eigenvalue weighted by Gasteiger charge is 2.32. The molecule has 8 nitrogen and oxygen atoms in total. The maximum absolute atomic E-state index is 13.1. The van der Waals surface area contributed by atoms with E-state index in [1.165, 1.54) is 41.2 Å². The number of carbonyl (C=O) groups is 1. The van der Waals surface area contributed by atoms with Crippen molar-refractivity contribution in [1.82, 2.24) is 14.1 Å². The predicted molar refractivity (Wildman–Crippen MR) is 126 cm³/mol. The fraction of sp³-hybridized carbons (Fsp3) is 0.292. The van der Waals surface area contributed by atoms with Gasteiger partial charge in [0.05, 0.1) is 10.6 Å². The van der Waals surface area contributed by atoms with Crippen molar-refractivity contribution in [2.75, 3.05) is 11.9 Å². The minimum atomic E-state index is -3.61. The maximum Gasteiger partial charge on any atom is 0.280 e. The van der Waals surface area contributed by atoms with Gasteiger partial charge in [0.15, 0.2) is 5.69 Å². The Morgan fingerprint density at radius 2 is 1.79 bits per heavy atom. The largest absolute Gasteiger partial charge is 0.320 e. The van der Waals surface area contributed by atoms with E-state index in [1.807, 2.05) is 37.3 Å². The van der Waals surface area contributed by atoms with Crippen LogP contribution >= 0.6 is 0 Å². The highest BCUT2D eigenvalue weighted by atomic mass is 32.2. The summed E-state index contributed by atoms with van der Waals surface area (Å²) >= 11 is 0. The van der Waals surface area contributed by atoms with Gasteiger partial charge in [0.1, 0.15) is 0 Å². The fourth-order valence-corrected chi connectivity index (χ4v) is 5.79. The molecule has 4 rings (SSSR count). The van der Waals surface area contributed by atoms with Crippen molar-refractivity contribution in [3.05, 3.63) is 82.8 Å². The summed E-state index contributed by atoms with van der Waals surface area (Å²) in [5.74, 6) is -0.664. The molecule has 3 aromatic rings. The lowest BCUT2D eigenvalue weighted by molar-refractivity contribution is 0.101. The molecular formula is C24H26N4O4S. The van der Waals surface area contributed by atoms with Crippen molar-refractivity contribution < 1.29 is 13.2 Å². The lowest BCUT2D eigenvalue weighted by Gasteiger charge is -2.34. The summed E-state index contributed by atoms with van der Waals surface area (Å²) in [5, 5.41) is 6.80. The number of anilines is 1. The third-order valence-corrected chi connectivity index (χ3v) is 7.77. The molecular weight excluding hydrogens is 440 g/mol. The second kappa shape index (κ2) is 9.68. The molecule has 2 aromatic carbocycles. The molecule has 1 atom stereocenters. The third-order valence-electron chi connectivity index (χ3n) is 5.81. The molecule has 0 radical (unpaired) electrons. The third kappa shape index (κ3) is 4.89. The summed E-state index contributed by atoms with van der Waals surface area (Å²) in [6.45, 7) is 2.52. The lowest BCUT2D eigenvalue weighted by Crippen LogP contribution is -2.43. The van der Waals surface area contributed by atoms with Gasteiger partial charge >= 0.3 is 0 Å². The van der Waals surface area contributed by atoms with Crippen LogP contribution < -0.4 is 10.7 Å². The highest BCUT2D eigenvalue weighted by molar-refractivity contribution is 7.89. The summed E-state index contributed by atoms with van der Waals surface area (Å²) in [5.41, 5.74) is 0.330. The molecule has 2 heterocycles. The zero-order chi connectivity index (χ0) is 23.4. The second-order valence-corrected chi connectivity index (χ2v) is 9.85. The average Bonchev–Trinajstić information content (AvgIpc) is 2.85. The topological polar surface area (TPSA) is 101 Å². The van der Waals surface area contributed by atoms with Crippen molar-refractivity contribution in [3.63, 3.8) is 0 Å². The molecule has 9 heteroatoms. The normalized spacial score (nSPS) is 16.9. The molecule has 1 aliphatic heterocycles. The molecule has 172 valence electrons. The number of para-hydroxylation sites is 1.